The zero-order valence-corrected chi connectivity index (χ0v) is 5.93. The molecule has 1 heterocycles. The van der Waals surface area contributed by atoms with Crippen LogP contribution in [0.4, 0.5) is 0 Å². The van der Waals surface area contributed by atoms with Crippen LogP contribution in [0.3, 0.4) is 0 Å². The summed E-state index contributed by atoms with van der Waals surface area (Å²) in [5.74, 6) is -0.234. The zero-order valence-electron chi connectivity index (χ0n) is 4.82. The van der Waals surface area contributed by atoms with Crippen LogP contribution >= 0.6 is 0 Å². The predicted octanol–water partition coefficient (Wildman–Crippen LogP) is 0.373. The molecule has 0 saturated carbocycles. The van der Waals surface area contributed by atoms with Gasteiger partial charge in [-0.05, 0) is 6.92 Å². The maximum absolute atomic E-state index is 10.4. The third-order valence-electron chi connectivity index (χ3n) is 1.02. The van der Waals surface area contributed by atoms with Crippen molar-refractivity contribution in [3.8, 4) is 0 Å². The average molecular weight is 170 g/mol. The van der Waals surface area contributed by atoms with Crippen LogP contribution in [0.2, 0.25) is 0 Å². The van der Waals surface area contributed by atoms with Gasteiger partial charge in [0.2, 0.25) is 11.5 Å². The molecule has 0 aromatic carbocycles. The molecule has 0 spiro atoms. The molecule has 0 aromatic heterocycles. The van der Waals surface area contributed by atoms with E-state index in [4.69, 9.17) is 5.11 Å². The second kappa shape index (κ2) is 2.90. The number of allylic oxidation sites excluding steroid dienone is 1. The fraction of sp³-hybridized carbons (Fsp3) is 0.400. The molecule has 0 saturated heterocycles. The molecule has 1 aliphatic heterocycles. The number of aliphatic hydroxyl groups is 1. The van der Waals surface area contributed by atoms with E-state index >= 15 is 0 Å². The molecule has 0 atom stereocenters. The van der Waals surface area contributed by atoms with E-state index in [2.05, 4.69) is 4.74 Å². The Morgan fingerprint density at radius 2 is 2.22 bits per heavy atom. The molecule has 3 nitrogen and oxygen atoms in total. The van der Waals surface area contributed by atoms with E-state index in [9.17, 15) is 4.79 Å². The summed E-state index contributed by atoms with van der Waals surface area (Å²) in [7, 11) is 0. The minimum absolute atomic E-state index is 0. The minimum Gasteiger partial charge on any atom is -0.502 e. The number of carbonyl (C=O) groups is 1. The monoisotopic (exact) mass is 170 g/mol. The van der Waals surface area contributed by atoms with Gasteiger partial charge in [-0.3, -0.25) is 4.79 Å². The van der Waals surface area contributed by atoms with Gasteiger partial charge in [-0.2, -0.15) is 0 Å². The van der Waals surface area contributed by atoms with Crippen LogP contribution < -0.4 is 0 Å². The third kappa shape index (κ3) is 1.47. The average Bonchev–Trinajstić information content (AvgIpc) is 1.98. The van der Waals surface area contributed by atoms with Crippen molar-refractivity contribution < 1.29 is 31.7 Å². The van der Waals surface area contributed by atoms with Crippen molar-refractivity contribution in [3.05, 3.63) is 11.5 Å². The summed E-state index contributed by atoms with van der Waals surface area (Å²) < 4.78 is 4.66. The topological polar surface area (TPSA) is 46.5 Å². The summed E-state index contributed by atoms with van der Waals surface area (Å²) in [5.41, 5.74) is 0. The number of ketones is 1. The van der Waals surface area contributed by atoms with Gasteiger partial charge in [-0.15, -0.1) is 0 Å². The Bertz CT molecular complexity index is 162. The number of rotatable bonds is 0. The van der Waals surface area contributed by atoms with Gasteiger partial charge in [0.1, 0.15) is 5.76 Å². The summed E-state index contributed by atoms with van der Waals surface area (Å²) in [4.78, 5) is 10.4. The predicted molar refractivity (Wildman–Crippen MR) is 26.3 cm³/mol. The van der Waals surface area contributed by atoms with Gasteiger partial charge < -0.3 is 9.84 Å². The van der Waals surface area contributed by atoms with Gasteiger partial charge in [0, 0.05) is 17.1 Å². The molecule has 1 N–H and O–H groups in total. The SMILES string of the molecule is CC1=C(O)C(=O)CO1.[Fe]. The molecular formula is C5H6FeO3. The van der Waals surface area contributed by atoms with Gasteiger partial charge in [-0.25, -0.2) is 0 Å². The Balaban J connectivity index is 0.000000640. The van der Waals surface area contributed by atoms with Crippen molar-refractivity contribution in [1.82, 2.24) is 0 Å². The molecule has 0 fully saturated rings. The number of Topliss-reactive ketones (excluding diaryl/α,β-unsaturated/α-hetero) is 1. The molecule has 0 aromatic rings. The van der Waals surface area contributed by atoms with Crippen LogP contribution in [-0.4, -0.2) is 17.5 Å². The van der Waals surface area contributed by atoms with Crippen LogP contribution in [0.15, 0.2) is 11.5 Å². The number of hydrogen-bond donors (Lipinski definition) is 1. The standard InChI is InChI=1S/C5H6O3.Fe/c1-3-5(7)4(6)2-8-3;/h7H,2H2,1H3;. The van der Waals surface area contributed by atoms with Gasteiger partial charge in [0.15, 0.2) is 6.61 Å². The minimum atomic E-state index is -0.331. The van der Waals surface area contributed by atoms with Crippen LogP contribution in [0.25, 0.3) is 0 Å². The van der Waals surface area contributed by atoms with Crippen molar-refractivity contribution >= 4 is 5.78 Å². The fourth-order valence-electron chi connectivity index (χ4n) is 0.507. The maximum Gasteiger partial charge on any atom is 0.237 e. The summed E-state index contributed by atoms with van der Waals surface area (Å²) in [6, 6.07) is 0. The van der Waals surface area contributed by atoms with E-state index in [1.807, 2.05) is 0 Å². The Labute approximate surface area is 63.2 Å². The van der Waals surface area contributed by atoms with Crippen LogP contribution in [0.5, 0.6) is 0 Å². The molecule has 1 rings (SSSR count). The first-order chi connectivity index (χ1) is 3.72. The van der Waals surface area contributed by atoms with Crippen LogP contribution in [0.1, 0.15) is 6.92 Å². The molecule has 4 heteroatoms. The molecule has 0 bridgehead atoms. The number of carbonyl (C=O) groups excluding carboxylic acids is 1. The van der Waals surface area contributed by atoms with Crippen molar-refractivity contribution in [2.75, 3.05) is 6.61 Å². The molecule has 52 valence electrons. The van der Waals surface area contributed by atoms with Gasteiger partial charge >= 0.3 is 0 Å². The third-order valence-corrected chi connectivity index (χ3v) is 1.02. The quantitative estimate of drug-likeness (QED) is 0.534. The first-order valence-corrected chi connectivity index (χ1v) is 2.27. The van der Waals surface area contributed by atoms with E-state index in [0.29, 0.717) is 5.76 Å². The summed E-state index contributed by atoms with van der Waals surface area (Å²) in [5, 5.41) is 8.67. The Morgan fingerprint density at radius 3 is 2.33 bits per heavy atom. The van der Waals surface area contributed by atoms with E-state index in [1.165, 1.54) is 0 Å². The molecule has 1 aliphatic rings. The van der Waals surface area contributed by atoms with Crippen LogP contribution in [-0.2, 0) is 26.6 Å². The molecule has 0 unspecified atom stereocenters. The number of ether oxygens (including phenoxy) is 1. The van der Waals surface area contributed by atoms with E-state index in [1.54, 1.807) is 6.92 Å². The second-order valence-electron chi connectivity index (χ2n) is 1.62. The first kappa shape index (κ1) is 8.53. The Kier molecular flexibility index (Phi) is 2.74. The van der Waals surface area contributed by atoms with E-state index in [0.717, 1.165) is 0 Å². The van der Waals surface area contributed by atoms with Crippen LogP contribution in [0, 0.1) is 0 Å². The van der Waals surface area contributed by atoms with E-state index < -0.39 is 0 Å². The van der Waals surface area contributed by atoms with Crippen molar-refractivity contribution in [3.63, 3.8) is 0 Å². The van der Waals surface area contributed by atoms with Gasteiger partial charge in [-0.1, -0.05) is 0 Å². The Hall–Kier alpha value is -0.471. The maximum atomic E-state index is 10.4. The molecular weight excluding hydrogens is 164 g/mol. The number of aliphatic hydroxyl groups excluding tert-OH is 1. The molecule has 0 radical (unpaired) electrons. The van der Waals surface area contributed by atoms with Crippen molar-refractivity contribution in [2.24, 2.45) is 0 Å². The number of hydrogen-bond acceptors (Lipinski definition) is 3. The van der Waals surface area contributed by atoms with Gasteiger partial charge in [0.25, 0.3) is 0 Å². The zero-order chi connectivity index (χ0) is 6.15. The molecule has 9 heavy (non-hydrogen) atoms. The smallest absolute Gasteiger partial charge is 0.237 e. The Morgan fingerprint density at radius 1 is 1.67 bits per heavy atom. The second-order valence-corrected chi connectivity index (χ2v) is 1.62. The van der Waals surface area contributed by atoms with Crippen molar-refractivity contribution in [1.29, 1.82) is 0 Å². The fourth-order valence-corrected chi connectivity index (χ4v) is 0.507. The largest absolute Gasteiger partial charge is 0.502 e. The summed E-state index contributed by atoms with van der Waals surface area (Å²) in [6.45, 7) is 1.55. The molecule has 0 amide bonds. The first-order valence-electron chi connectivity index (χ1n) is 2.27. The summed E-state index contributed by atoms with van der Waals surface area (Å²) in [6.07, 6.45) is 0. The normalized spacial score (nSPS) is 17.2. The summed E-state index contributed by atoms with van der Waals surface area (Å²) >= 11 is 0. The van der Waals surface area contributed by atoms with Gasteiger partial charge in [0.05, 0.1) is 0 Å². The molecule has 0 aliphatic carbocycles. The van der Waals surface area contributed by atoms with E-state index in [-0.39, 0.29) is 35.2 Å². The van der Waals surface area contributed by atoms with Crippen molar-refractivity contribution in [2.45, 2.75) is 6.92 Å².